The number of aryl methyl sites for hydroxylation is 2. The van der Waals surface area contributed by atoms with Crippen molar-refractivity contribution in [1.29, 1.82) is 0 Å². The molecule has 2 aromatic heterocycles. The minimum absolute atomic E-state index is 0.249. The Morgan fingerprint density at radius 1 is 1.25 bits per heavy atom. The number of aromatic amines is 1. The molecule has 9 nitrogen and oxygen atoms in total. The van der Waals surface area contributed by atoms with Crippen molar-refractivity contribution in [2.24, 2.45) is 11.3 Å². The van der Waals surface area contributed by atoms with Crippen LogP contribution in [0.25, 0.3) is 11.6 Å². The summed E-state index contributed by atoms with van der Waals surface area (Å²) in [6.45, 7) is 9.08. The lowest BCUT2D eigenvalue weighted by Crippen LogP contribution is -2.31. The Bertz CT molecular complexity index is 1460. The molecule has 9 heteroatoms. The molecule has 40 heavy (non-hydrogen) atoms. The fraction of sp³-hybridized carbons (Fsp3) is 0.484. The van der Waals surface area contributed by atoms with Crippen LogP contribution in [0.4, 0.5) is 16.6 Å². The van der Waals surface area contributed by atoms with E-state index >= 15 is 0 Å². The summed E-state index contributed by atoms with van der Waals surface area (Å²) in [6.07, 6.45) is 9.34. The first kappa shape index (κ1) is 26.3. The van der Waals surface area contributed by atoms with Crippen LogP contribution in [0.1, 0.15) is 73.8 Å². The number of aromatic nitrogens is 4. The van der Waals surface area contributed by atoms with Crippen molar-refractivity contribution in [1.82, 2.24) is 19.9 Å². The number of nitrogens with one attached hydrogen (secondary N) is 2. The summed E-state index contributed by atoms with van der Waals surface area (Å²) in [7, 11) is 1.34. The van der Waals surface area contributed by atoms with E-state index in [4.69, 9.17) is 14.5 Å². The van der Waals surface area contributed by atoms with E-state index in [1.54, 1.807) is 6.33 Å². The number of imidazole rings is 1. The second-order valence-corrected chi connectivity index (χ2v) is 12.1. The third-order valence-electron chi connectivity index (χ3n) is 8.40. The van der Waals surface area contributed by atoms with Crippen LogP contribution in [0.15, 0.2) is 24.5 Å². The summed E-state index contributed by atoms with van der Waals surface area (Å²) < 4.78 is 11.0. The first-order chi connectivity index (χ1) is 19.3. The van der Waals surface area contributed by atoms with E-state index in [0.29, 0.717) is 18.5 Å². The maximum Gasteiger partial charge on any atom is 0.413 e. The number of methoxy groups -OCH3 is 1. The molecule has 1 unspecified atom stereocenters. The molecule has 2 aliphatic carbocycles. The molecule has 0 saturated carbocycles. The second kappa shape index (κ2) is 10.6. The molecular weight excluding hydrogens is 504 g/mol. The largest absolute Gasteiger partial charge is 0.491 e. The summed E-state index contributed by atoms with van der Waals surface area (Å²) in [5.74, 6) is 2.88. The number of amides is 1. The zero-order valence-electron chi connectivity index (χ0n) is 23.8. The molecule has 0 fully saturated rings. The topological polar surface area (TPSA) is 105 Å². The molecule has 1 atom stereocenters. The smallest absolute Gasteiger partial charge is 0.413 e. The van der Waals surface area contributed by atoms with Gasteiger partial charge in [-0.15, -0.1) is 0 Å². The molecule has 1 aromatic carbocycles. The van der Waals surface area contributed by atoms with E-state index in [1.165, 1.54) is 29.5 Å². The third kappa shape index (κ3) is 5.42. The molecule has 1 aliphatic heterocycles. The highest BCUT2D eigenvalue weighted by atomic mass is 16.5. The summed E-state index contributed by atoms with van der Waals surface area (Å²) in [4.78, 5) is 31.5. The first-order valence-corrected chi connectivity index (χ1v) is 14.3. The number of benzene rings is 1. The third-order valence-corrected chi connectivity index (χ3v) is 8.40. The average Bonchev–Trinajstić information content (AvgIpc) is 3.15. The highest BCUT2D eigenvalue weighted by molar-refractivity contribution is 5.85. The summed E-state index contributed by atoms with van der Waals surface area (Å²) in [5, 5.41) is 2.66. The zero-order chi connectivity index (χ0) is 27.9. The summed E-state index contributed by atoms with van der Waals surface area (Å²) in [6, 6.07) is 6.53. The number of carbonyl (C=O) groups is 1. The molecule has 0 spiro atoms. The van der Waals surface area contributed by atoms with Crippen molar-refractivity contribution < 1.29 is 14.3 Å². The van der Waals surface area contributed by atoms with Crippen LogP contribution in [0.5, 0.6) is 5.75 Å². The summed E-state index contributed by atoms with van der Waals surface area (Å²) in [5.41, 5.74) is 8.16. The lowest BCUT2D eigenvalue weighted by molar-refractivity contribution is 0.186. The number of fused-ring (bicyclic) bond motifs is 3. The molecule has 3 heterocycles. The monoisotopic (exact) mass is 542 g/mol. The van der Waals surface area contributed by atoms with Gasteiger partial charge in [0, 0.05) is 29.1 Å². The number of ether oxygens (including phenoxy) is 2. The zero-order valence-corrected chi connectivity index (χ0v) is 23.8. The van der Waals surface area contributed by atoms with Gasteiger partial charge < -0.3 is 19.4 Å². The average molecular weight is 543 g/mol. The molecule has 2 N–H and O–H groups in total. The van der Waals surface area contributed by atoms with Gasteiger partial charge in [-0.25, -0.2) is 19.7 Å². The first-order valence-electron chi connectivity index (χ1n) is 14.3. The van der Waals surface area contributed by atoms with E-state index in [9.17, 15) is 4.79 Å². The number of nitrogens with zero attached hydrogens (tertiary/aromatic N) is 4. The number of hydrogen-bond donors (Lipinski definition) is 2. The fourth-order valence-corrected chi connectivity index (χ4v) is 6.14. The molecule has 0 bridgehead atoms. The minimum atomic E-state index is -0.539. The molecular formula is C31H38N6O3. The minimum Gasteiger partial charge on any atom is -0.491 e. The highest BCUT2D eigenvalue weighted by Gasteiger charge is 2.31. The highest BCUT2D eigenvalue weighted by Crippen LogP contribution is 2.39. The Labute approximate surface area is 235 Å². The molecule has 6 rings (SSSR count). The number of anilines is 2. The van der Waals surface area contributed by atoms with Gasteiger partial charge in [0.15, 0.2) is 0 Å². The summed E-state index contributed by atoms with van der Waals surface area (Å²) >= 11 is 0. The standard InChI is InChI=1S/C31H38N6O3/c1-19-5-7-25-26(35-29(34-25)36-30(38)39-4)15-21(13-19)20-6-8-27-22(14-20)17-37(11-12-40-27)28-23-16-31(2,3)10-9-24(23)32-18-33-28/h6,8,14-15,18-19H,5,7,9-13,16-17H2,1-4H3,(H2,34,35,36,38). The van der Waals surface area contributed by atoms with E-state index in [-0.39, 0.29) is 5.41 Å². The SMILES string of the molecule is COC(=O)Nc1nc2c([nH]1)CCC(C)CC(c1ccc3c(c1)CN(c1ncnc4c1CC(C)(C)CC4)CCO3)=C2. The van der Waals surface area contributed by atoms with E-state index < -0.39 is 6.09 Å². The van der Waals surface area contributed by atoms with Crippen molar-refractivity contribution in [3.8, 4) is 5.75 Å². The van der Waals surface area contributed by atoms with Crippen LogP contribution in [0.2, 0.25) is 0 Å². The lowest BCUT2D eigenvalue weighted by atomic mass is 9.76. The lowest BCUT2D eigenvalue weighted by Gasteiger charge is -2.33. The van der Waals surface area contributed by atoms with Crippen LogP contribution in [0.3, 0.4) is 0 Å². The molecule has 3 aromatic rings. The van der Waals surface area contributed by atoms with Crippen molar-refractivity contribution >= 4 is 29.5 Å². The van der Waals surface area contributed by atoms with Gasteiger partial charge in [0.25, 0.3) is 0 Å². The Hall–Kier alpha value is -3.88. The Morgan fingerprint density at radius 2 is 2.12 bits per heavy atom. The Kier molecular flexibility index (Phi) is 6.98. The van der Waals surface area contributed by atoms with Crippen LogP contribution in [-0.4, -0.2) is 46.3 Å². The van der Waals surface area contributed by atoms with Gasteiger partial charge in [-0.2, -0.15) is 0 Å². The van der Waals surface area contributed by atoms with Gasteiger partial charge in [-0.05, 0) is 79.2 Å². The Balaban J connectivity index is 1.33. The predicted molar refractivity (Wildman–Crippen MR) is 155 cm³/mol. The van der Waals surface area contributed by atoms with E-state index in [1.807, 2.05) is 0 Å². The normalized spacial score (nSPS) is 19.9. The van der Waals surface area contributed by atoms with Gasteiger partial charge in [0.05, 0.1) is 19.3 Å². The number of rotatable bonds is 3. The van der Waals surface area contributed by atoms with Gasteiger partial charge in [-0.3, -0.25) is 5.32 Å². The van der Waals surface area contributed by atoms with Crippen molar-refractivity contribution in [2.45, 2.75) is 65.8 Å². The van der Waals surface area contributed by atoms with Gasteiger partial charge in [-0.1, -0.05) is 26.8 Å². The van der Waals surface area contributed by atoms with Crippen LogP contribution in [-0.2, 0) is 30.5 Å². The molecule has 0 radical (unpaired) electrons. The van der Waals surface area contributed by atoms with Crippen molar-refractivity contribution in [3.05, 3.63) is 58.3 Å². The molecule has 0 saturated heterocycles. The van der Waals surface area contributed by atoms with Crippen LogP contribution >= 0.6 is 0 Å². The molecule has 1 amide bonds. The number of H-pyrrole nitrogens is 1. The van der Waals surface area contributed by atoms with Crippen LogP contribution in [0, 0.1) is 11.3 Å². The molecule has 210 valence electrons. The number of hydrogen-bond acceptors (Lipinski definition) is 7. The van der Waals surface area contributed by atoms with Gasteiger partial charge in [0.1, 0.15) is 24.5 Å². The predicted octanol–water partition coefficient (Wildman–Crippen LogP) is 5.80. The van der Waals surface area contributed by atoms with Gasteiger partial charge >= 0.3 is 6.09 Å². The fourth-order valence-electron chi connectivity index (χ4n) is 6.14. The Morgan fingerprint density at radius 3 is 2.98 bits per heavy atom. The number of allylic oxidation sites excluding steroid dienone is 1. The number of carbonyl (C=O) groups excluding carboxylic acids is 1. The van der Waals surface area contributed by atoms with Crippen molar-refractivity contribution in [3.63, 3.8) is 0 Å². The quantitative estimate of drug-likeness (QED) is 0.431. The molecule has 3 aliphatic rings. The van der Waals surface area contributed by atoms with E-state index in [2.05, 4.69) is 70.2 Å². The van der Waals surface area contributed by atoms with Crippen molar-refractivity contribution in [2.75, 3.05) is 30.5 Å². The maximum absolute atomic E-state index is 11.7. The van der Waals surface area contributed by atoms with E-state index in [0.717, 1.165) is 80.1 Å². The van der Waals surface area contributed by atoms with Crippen LogP contribution < -0.4 is 15.0 Å². The maximum atomic E-state index is 11.7. The second-order valence-electron chi connectivity index (χ2n) is 12.1. The van der Waals surface area contributed by atoms with Gasteiger partial charge in [0.2, 0.25) is 5.95 Å².